The number of ether oxygens (including phenoxy) is 1. The molecule has 3 nitrogen and oxygen atoms in total. The van der Waals surface area contributed by atoms with Gasteiger partial charge >= 0.3 is 0 Å². The predicted molar refractivity (Wildman–Crippen MR) is 121 cm³/mol. The summed E-state index contributed by atoms with van der Waals surface area (Å²) in [4.78, 5) is 4.36. The average molecular weight is 370 g/mol. The van der Waals surface area contributed by atoms with E-state index in [1.165, 1.54) is 43.9 Å². The third-order valence-electron chi connectivity index (χ3n) is 6.33. The van der Waals surface area contributed by atoms with Gasteiger partial charge in [0.1, 0.15) is 11.5 Å². The van der Waals surface area contributed by atoms with E-state index in [4.69, 9.17) is 4.74 Å². The van der Waals surface area contributed by atoms with Crippen molar-refractivity contribution in [3.05, 3.63) is 78.9 Å². The van der Waals surface area contributed by atoms with E-state index in [-0.39, 0.29) is 6.71 Å². The number of benzene rings is 4. The van der Waals surface area contributed by atoms with Gasteiger partial charge in [-0.05, 0) is 53.4 Å². The fourth-order valence-electron chi connectivity index (χ4n) is 5.23. The zero-order valence-corrected chi connectivity index (χ0v) is 15.6. The molecule has 0 unspecified atom stereocenters. The second kappa shape index (κ2) is 5.18. The Labute approximate surface area is 168 Å². The summed E-state index contributed by atoms with van der Waals surface area (Å²) in [6.07, 6.45) is 0. The van der Waals surface area contributed by atoms with Crippen LogP contribution in [-0.2, 0) is 0 Å². The van der Waals surface area contributed by atoms with Crippen molar-refractivity contribution >= 4 is 57.3 Å². The van der Waals surface area contributed by atoms with Gasteiger partial charge in [0.25, 0.3) is 6.71 Å². The molecule has 0 radical (unpaired) electrons. The van der Waals surface area contributed by atoms with E-state index in [1.54, 1.807) is 0 Å². The van der Waals surface area contributed by atoms with Crippen LogP contribution in [0.15, 0.2) is 83.9 Å². The molecule has 0 atom stereocenters. The maximum atomic E-state index is 6.33. The number of nitrogens with zero attached hydrogens (tertiary/aromatic N) is 2. The summed E-state index contributed by atoms with van der Waals surface area (Å²) < 4.78 is 8.70. The van der Waals surface area contributed by atoms with Gasteiger partial charge in [-0.3, -0.25) is 4.99 Å². The number of hydrogen-bond acceptors (Lipinski definition) is 2. The van der Waals surface area contributed by atoms with Gasteiger partial charge in [-0.15, -0.1) is 0 Å². The van der Waals surface area contributed by atoms with Crippen molar-refractivity contribution in [3.8, 4) is 17.2 Å². The van der Waals surface area contributed by atoms with Crippen molar-refractivity contribution in [2.24, 2.45) is 4.99 Å². The summed E-state index contributed by atoms with van der Waals surface area (Å²) >= 11 is 0. The Balaban J connectivity index is 1.77. The van der Waals surface area contributed by atoms with Gasteiger partial charge in [0.2, 0.25) is 0 Å². The van der Waals surface area contributed by atoms with Gasteiger partial charge in [0.15, 0.2) is 0 Å². The fourth-order valence-corrected chi connectivity index (χ4v) is 5.23. The predicted octanol–water partition coefficient (Wildman–Crippen LogP) is 4.05. The molecule has 5 aromatic rings. The van der Waals surface area contributed by atoms with Crippen LogP contribution in [0.4, 0.5) is 5.69 Å². The highest BCUT2D eigenvalue weighted by atomic mass is 16.5. The van der Waals surface area contributed by atoms with Crippen LogP contribution in [0.25, 0.3) is 27.5 Å². The van der Waals surface area contributed by atoms with Crippen molar-refractivity contribution in [3.63, 3.8) is 0 Å². The molecule has 0 saturated heterocycles. The molecule has 29 heavy (non-hydrogen) atoms. The van der Waals surface area contributed by atoms with Gasteiger partial charge in [0, 0.05) is 16.5 Å². The Kier molecular flexibility index (Phi) is 2.71. The minimum Gasteiger partial charge on any atom is -0.458 e. The van der Waals surface area contributed by atoms with Crippen molar-refractivity contribution in [1.29, 1.82) is 0 Å². The number of rotatable bonds is 1. The summed E-state index contributed by atoms with van der Waals surface area (Å²) in [6.45, 7) is 3.98. The maximum Gasteiger partial charge on any atom is 0.256 e. The Bertz CT molecular complexity index is 1510. The minimum absolute atomic E-state index is 0.143. The van der Waals surface area contributed by atoms with Gasteiger partial charge in [0.05, 0.1) is 16.7 Å². The molecule has 0 saturated carbocycles. The number of fused-ring (bicyclic) bond motifs is 7. The lowest BCUT2D eigenvalue weighted by Crippen LogP contribution is -2.58. The fraction of sp³-hybridized carbons (Fsp3) is 0. The van der Waals surface area contributed by atoms with Crippen LogP contribution in [0.2, 0.25) is 0 Å². The first-order valence-electron chi connectivity index (χ1n) is 9.79. The van der Waals surface area contributed by atoms with Crippen molar-refractivity contribution in [2.75, 3.05) is 0 Å². The van der Waals surface area contributed by atoms with Gasteiger partial charge in [-0.2, -0.15) is 0 Å². The zero-order valence-electron chi connectivity index (χ0n) is 15.6. The standard InChI is InChI=1S/C25H15BN2O/c1-27-18-14-13-17-25-23(18)15-7-2-4-9-19(15)28(25)20-10-6-12-22-24(20)26(17)16-8-3-5-11-21(16)29-22/h2-14H,1H2. The van der Waals surface area contributed by atoms with Crippen LogP contribution in [0.5, 0.6) is 11.5 Å². The maximum absolute atomic E-state index is 6.33. The Morgan fingerprint density at radius 3 is 2.55 bits per heavy atom. The third kappa shape index (κ3) is 1.73. The van der Waals surface area contributed by atoms with E-state index >= 15 is 0 Å². The quantitative estimate of drug-likeness (QED) is 0.316. The molecule has 0 aliphatic carbocycles. The lowest BCUT2D eigenvalue weighted by molar-refractivity contribution is 0.487. The van der Waals surface area contributed by atoms with Gasteiger partial charge in [-0.1, -0.05) is 48.5 Å². The first kappa shape index (κ1) is 15.2. The Morgan fingerprint density at radius 1 is 0.793 bits per heavy atom. The van der Waals surface area contributed by atoms with Gasteiger partial charge in [-0.25, -0.2) is 0 Å². The number of aromatic nitrogens is 1. The molecule has 0 spiro atoms. The van der Waals surface area contributed by atoms with Crippen LogP contribution in [0.3, 0.4) is 0 Å². The Hall–Kier alpha value is -3.79. The largest absolute Gasteiger partial charge is 0.458 e. The summed E-state index contributed by atoms with van der Waals surface area (Å²) in [5.41, 5.74) is 8.26. The smallest absolute Gasteiger partial charge is 0.256 e. The lowest BCUT2D eigenvalue weighted by Gasteiger charge is -2.33. The first-order valence-corrected chi connectivity index (χ1v) is 9.79. The molecule has 0 fully saturated rings. The average Bonchev–Trinajstić information content (AvgIpc) is 3.12. The van der Waals surface area contributed by atoms with Crippen molar-refractivity contribution < 1.29 is 4.74 Å². The first-order chi connectivity index (χ1) is 14.4. The second-order valence-corrected chi connectivity index (χ2v) is 7.67. The number of aliphatic imine (C=N–C) groups is 1. The highest BCUT2D eigenvalue weighted by Gasteiger charge is 2.40. The van der Waals surface area contributed by atoms with Crippen LogP contribution in [0.1, 0.15) is 0 Å². The van der Waals surface area contributed by atoms with E-state index in [0.29, 0.717) is 0 Å². The molecule has 134 valence electrons. The molecule has 0 N–H and O–H groups in total. The topological polar surface area (TPSA) is 26.5 Å². The molecule has 2 aliphatic heterocycles. The molecule has 7 rings (SSSR count). The van der Waals surface area contributed by atoms with E-state index in [2.05, 4.69) is 89.1 Å². The molecule has 0 bridgehead atoms. The highest BCUT2D eigenvalue weighted by molar-refractivity contribution is 6.99. The van der Waals surface area contributed by atoms with E-state index in [0.717, 1.165) is 17.2 Å². The van der Waals surface area contributed by atoms with Crippen molar-refractivity contribution in [1.82, 2.24) is 4.57 Å². The molecule has 4 heteroatoms. The monoisotopic (exact) mass is 370 g/mol. The molecule has 0 amide bonds. The van der Waals surface area contributed by atoms with Crippen molar-refractivity contribution in [2.45, 2.75) is 0 Å². The molecule has 2 aliphatic rings. The van der Waals surface area contributed by atoms with Crippen LogP contribution in [0, 0.1) is 0 Å². The summed E-state index contributed by atoms with van der Waals surface area (Å²) in [5, 5.41) is 2.38. The van der Waals surface area contributed by atoms with E-state index < -0.39 is 0 Å². The van der Waals surface area contributed by atoms with Gasteiger partial charge < -0.3 is 9.30 Å². The summed E-state index contributed by atoms with van der Waals surface area (Å²) in [5.74, 6) is 1.87. The van der Waals surface area contributed by atoms with E-state index in [9.17, 15) is 0 Å². The molecule has 1 aromatic heterocycles. The highest BCUT2D eigenvalue weighted by Crippen LogP contribution is 2.40. The SMILES string of the molecule is C=Nc1ccc2c3c1c1ccccc1n3-c1cccc3c1B2c1ccccc1O3. The number of hydrogen-bond donors (Lipinski definition) is 0. The molecule has 3 heterocycles. The number of para-hydroxylation sites is 2. The lowest BCUT2D eigenvalue weighted by atomic mass is 9.34. The minimum atomic E-state index is 0.143. The third-order valence-corrected chi connectivity index (χ3v) is 6.33. The summed E-state index contributed by atoms with van der Waals surface area (Å²) in [7, 11) is 0. The molecular formula is C25H15BN2O. The molecular weight excluding hydrogens is 355 g/mol. The zero-order chi connectivity index (χ0) is 19.1. The second-order valence-electron chi connectivity index (χ2n) is 7.67. The summed E-state index contributed by atoms with van der Waals surface area (Å²) in [6, 6.07) is 27.6. The van der Waals surface area contributed by atoms with Crippen LogP contribution < -0.4 is 21.1 Å². The molecule has 4 aromatic carbocycles. The van der Waals surface area contributed by atoms with E-state index in [1.807, 2.05) is 6.07 Å². The normalized spacial score (nSPS) is 13.2. The Morgan fingerprint density at radius 2 is 1.62 bits per heavy atom. The van der Waals surface area contributed by atoms with Crippen LogP contribution >= 0.6 is 0 Å². The van der Waals surface area contributed by atoms with Crippen LogP contribution in [-0.4, -0.2) is 18.0 Å².